The molecule has 1 aromatic heterocycles. The van der Waals surface area contributed by atoms with Gasteiger partial charge in [-0.15, -0.1) is 0 Å². The molecule has 0 radical (unpaired) electrons. The standard InChI is InChI=1S/C13H12ClNO/c1-15-7-11(13(16)8-2-3-8)10-5-4-9(14)6-12(10)15/h4-8H,2-3H2,1H3. The molecule has 2 aromatic rings. The molecular weight excluding hydrogens is 222 g/mol. The molecule has 16 heavy (non-hydrogen) atoms. The van der Waals surface area contributed by atoms with E-state index >= 15 is 0 Å². The van der Waals surface area contributed by atoms with Crippen LogP contribution in [0.1, 0.15) is 23.2 Å². The Labute approximate surface area is 98.8 Å². The van der Waals surface area contributed by atoms with Crippen LogP contribution >= 0.6 is 11.6 Å². The SMILES string of the molecule is Cn1cc(C(=O)C2CC2)c2ccc(Cl)cc21. The number of fused-ring (bicyclic) bond motifs is 1. The molecule has 0 saturated heterocycles. The Morgan fingerprint density at radius 1 is 1.44 bits per heavy atom. The number of halogens is 1. The zero-order chi connectivity index (χ0) is 11.3. The monoisotopic (exact) mass is 233 g/mol. The molecule has 1 aliphatic carbocycles. The highest BCUT2D eigenvalue weighted by Crippen LogP contribution is 2.35. The lowest BCUT2D eigenvalue weighted by Gasteiger charge is -1.97. The molecule has 0 bridgehead atoms. The predicted octanol–water partition coefficient (Wildman–Crippen LogP) is 3.42. The summed E-state index contributed by atoms with van der Waals surface area (Å²) in [5.41, 5.74) is 1.87. The molecule has 1 aliphatic rings. The maximum atomic E-state index is 12.1. The molecule has 1 saturated carbocycles. The highest BCUT2D eigenvalue weighted by molar-refractivity contribution is 6.31. The fourth-order valence-corrected chi connectivity index (χ4v) is 2.29. The van der Waals surface area contributed by atoms with Gasteiger partial charge in [0.1, 0.15) is 0 Å². The van der Waals surface area contributed by atoms with Crippen molar-refractivity contribution in [1.29, 1.82) is 0 Å². The fourth-order valence-electron chi connectivity index (χ4n) is 2.12. The molecule has 0 atom stereocenters. The van der Waals surface area contributed by atoms with Crippen LogP contribution in [0.25, 0.3) is 10.9 Å². The number of aryl methyl sites for hydroxylation is 1. The smallest absolute Gasteiger partial charge is 0.168 e. The summed E-state index contributed by atoms with van der Waals surface area (Å²) < 4.78 is 1.97. The fraction of sp³-hybridized carbons (Fsp3) is 0.308. The van der Waals surface area contributed by atoms with Crippen molar-refractivity contribution in [2.24, 2.45) is 13.0 Å². The van der Waals surface area contributed by atoms with Gasteiger partial charge in [-0.1, -0.05) is 17.7 Å². The van der Waals surface area contributed by atoms with E-state index in [1.54, 1.807) is 0 Å². The van der Waals surface area contributed by atoms with E-state index < -0.39 is 0 Å². The van der Waals surface area contributed by atoms with Gasteiger partial charge < -0.3 is 4.57 Å². The van der Waals surface area contributed by atoms with E-state index in [0.29, 0.717) is 5.02 Å². The van der Waals surface area contributed by atoms with Gasteiger partial charge in [0, 0.05) is 40.7 Å². The summed E-state index contributed by atoms with van der Waals surface area (Å²) in [5.74, 6) is 0.550. The Balaban J connectivity index is 2.21. The van der Waals surface area contributed by atoms with Crippen LogP contribution < -0.4 is 0 Å². The number of hydrogen-bond acceptors (Lipinski definition) is 1. The van der Waals surface area contributed by atoms with Crippen LogP contribution in [-0.4, -0.2) is 10.4 Å². The lowest BCUT2D eigenvalue weighted by Crippen LogP contribution is -1.99. The number of nitrogens with zero attached hydrogens (tertiary/aromatic N) is 1. The summed E-state index contributed by atoms with van der Waals surface area (Å²) in [6.07, 6.45) is 4.01. The van der Waals surface area contributed by atoms with Crippen LogP contribution in [0.15, 0.2) is 24.4 Å². The summed E-state index contributed by atoms with van der Waals surface area (Å²) in [6, 6.07) is 5.68. The third-order valence-electron chi connectivity index (χ3n) is 3.17. The van der Waals surface area contributed by atoms with E-state index in [-0.39, 0.29) is 11.7 Å². The maximum Gasteiger partial charge on any atom is 0.168 e. The minimum atomic E-state index is 0.265. The molecule has 0 N–H and O–H groups in total. The predicted molar refractivity (Wildman–Crippen MR) is 65.0 cm³/mol. The molecule has 0 spiro atoms. The first-order valence-corrected chi connectivity index (χ1v) is 5.83. The molecule has 1 fully saturated rings. The van der Waals surface area contributed by atoms with Gasteiger partial charge in [-0.05, 0) is 25.0 Å². The van der Waals surface area contributed by atoms with Crippen molar-refractivity contribution in [1.82, 2.24) is 4.57 Å². The minimum absolute atomic E-state index is 0.265. The zero-order valence-electron chi connectivity index (χ0n) is 9.03. The van der Waals surface area contributed by atoms with E-state index in [4.69, 9.17) is 11.6 Å². The third kappa shape index (κ3) is 1.45. The summed E-state index contributed by atoms with van der Waals surface area (Å²) in [5, 5.41) is 1.72. The Kier molecular flexibility index (Phi) is 2.08. The maximum absolute atomic E-state index is 12.1. The zero-order valence-corrected chi connectivity index (χ0v) is 9.79. The second kappa shape index (κ2) is 3.36. The molecule has 1 heterocycles. The van der Waals surface area contributed by atoms with Crippen LogP contribution in [0.5, 0.6) is 0 Å². The van der Waals surface area contributed by atoms with Gasteiger partial charge in [0.2, 0.25) is 0 Å². The Bertz CT molecular complexity index is 581. The number of carbonyl (C=O) groups is 1. The number of benzene rings is 1. The Morgan fingerprint density at radius 3 is 2.88 bits per heavy atom. The second-order valence-corrected chi connectivity index (χ2v) is 4.89. The van der Waals surface area contributed by atoms with E-state index in [2.05, 4.69) is 0 Å². The van der Waals surface area contributed by atoms with Gasteiger partial charge in [-0.3, -0.25) is 4.79 Å². The molecule has 3 heteroatoms. The Morgan fingerprint density at radius 2 is 2.19 bits per heavy atom. The number of carbonyl (C=O) groups excluding carboxylic acids is 1. The molecule has 0 amide bonds. The van der Waals surface area contributed by atoms with E-state index in [0.717, 1.165) is 29.3 Å². The largest absolute Gasteiger partial charge is 0.350 e. The molecule has 1 aromatic carbocycles. The third-order valence-corrected chi connectivity index (χ3v) is 3.40. The van der Waals surface area contributed by atoms with Crippen LogP contribution in [-0.2, 0) is 7.05 Å². The molecule has 0 aliphatic heterocycles. The molecule has 2 nitrogen and oxygen atoms in total. The van der Waals surface area contributed by atoms with E-state index in [1.807, 2.05) is 36.0 Å². The van der Waals surface area contributed by atoms with Crippen molar-refractivity contribution < 1.29 is 4.79 Å². The van der Waals surface area contributed by atoms with Crippen LogP contribution in [0.2, 0.25) is 5.02 Å². The van der Waals surface area contributed by atoms with Gasteiger partial charge in [-0.2, -0.15) is 0 Å². The van der Waals surface area contributed by atoms with Crippen LogP contribution in [0.3, 0.4) is 0 Å². The van der Waals surface area contributed by atoms with E-state index in [1.165, 1.54) is 0 Å². The molecular formula is C13H12ClNO. The first-order chi connectivity index (χ1) is 7.66. The van der Waals surface area contributed by atoms with E-state index in [9.17, 15) is 4.79 Å². The summed E-state index contributed by atoms with van der Waals surface area (Å²) >= 11 is 5.96. The molecule has 82 valence electrons. The number of aromatic nitrogens is 1. The van der Waals surface area contributed by atoms with Crippen molar-refractivity contribution in [3.63, 3.8) is 0 Å². The van der Waals surface area contributed by atoms with Gasteiger partial charge >= 0.3 is 0 Å². The topological polar surface area (TPSA) is 22.0 Å². The Hall–Kier alpha value is -1.28. The highest BCUT2D eigenvalue weighted by atomic mass is 35.5. The van der Waals surface area contributed by atoms with Crippen LogP contribution in [0.4, 0.5) is 0 Å². The number of rotatable bonds is 2. The van der Waals surface area contributed by atoms with Crippen molar-refractivity contribution >= 4 is 28.3 Å². The lowest BCUT2D eigenvalue weighted by atomic mass is 10.1. The first kappa shape index (κ1) is 9.91. The number of hydrogen-bond donors (Lipinski definition) is 0. The molecule has 3 rings (SSSR count). The van der Waals surface area contributed by atoms with Gasteiger partial charge in [0.05, 0.1) is 0 Å². The van der Waals surface area contributed by atoms with Gasteiger partial charge in [-0.25, -0.2) is 0 Å². The van der Waals surface area contributed by atoms with Gasteiger partial charge in [0.15, 0.2) is 5.78 Å². The van der Waals surface area contributed by atoms with Crippen molar-refractivity contribution in [2.75, 3.05) is 0 Å². The normalized spacial score (nSPS) is 15.6. The van der Waals surface area contributed by atoms with Crippen molar-refractivity contribution in [3.05, 3.63) is 35.0 Å². The second-order valence-electron chi connectivity index (χ2n) is 4.45. The molecule has 0 unspecified atom stereocenters. The highest BCUT2D eigenvalue weighted by Gasteiger charge is 2.32. The summed E-state index contributed by atoms with van der Waals surface area (Å²) in [4.78, 5) is 12.1. The number of ketones is 1. The quantitative estimate of drug-likeness (QED) is 0.729. The van der Waals surface area contributed by atoms with Crippen molar-refractivity contribution in [3.8, 4) is 0 Å². The van der Waals surface area contributed by atoms with Crippen molar-refractivity contribution in [2.45, 2.75) is 12.8 Å². The lowest BCUT2D eigenvalue weighted by molar-refractivity contribution is 0.0969. The minimum Gasteiger partial charge on any atom is -0.350 e. The number of Topliss-reactive ketones (excluding diaryl/α,β-unsaturated/α-hetero) is 1. The summed E-state index contributed by atoms with van der Waals surface area (Å²) in [7, 11) is 1.95. The average Bonchev–Trinajstić information content (AvgIpc) is 3.05. The summed E-state index contributed by atoms with van der Waals surface area (Å²) in [6.45, 7) is 0. The van der Waals surface area contributed by atoms with Gasteiger partial charge in [0.25, 0.3) is 0 Å². The average molecular weight is 234 g/mol. The van der Waals surface area contributed by atoms with Crippen LogP contribution in [0, 0.1) is 5.92 Å². The first-order valence-electron chi connectivity index (χ1n) is 5.45.